The normalized spacial score (nSPS) is 10.4. The summed E-state index contributed by atoms with van der Waals surface area (Å²) in [5.74, 6) is -0.526. The average molecular weight is 327 g/mol. The van der Waals surface area contributed by atoms with E-state index < -0.39 is 0 Å². The molecule has 0 bridgehead atoms. The molecule has 1 heterocycles. The van der Waals surface area contributed by atoms with Crippen molar-refractivity contribution in [1.82, 2.24) is 20.7 Å². The van der Waals surface area contributed by atoms with Crippen LogP contribution in [-0.2, 0) is 6.42 Å². The van der Waals surface area contributed by atoms with Gasteiger partial charge >= 0.3 is 0 Å². The lowest BCUT2D eigenvalue weighted by molar-refractivity contribution is 0.0948. The highest BCUT2D eigenvalue weighted by Crippen LogP contribution is 2.16. The maximum atomic E-state index is 13.5. The van der Waals surface area contributed by atoms with Crippen LogP contribution in [0.15, 0.2) is 28.9 Å². The molecule has 7 heteroatoms. The second-order valence-electron chi connectivity index (χ2n) is 3.95. The van der Waals surface area contributed by atoms with Gasteiger partial charge in [0.2, 0.25) is 0 Å². The summed E-state index contributed by atoms with van der Waals surface area (Å²) in [5.41, 5.74) is 0.883. The van der Waals surface area contributed by atoms with Crippen LogP contribution in [0.25, 0.3) is 0 Å². The monoisotopic (exact) mass is 326 g/mol. The number of nitrogens with one attached hydrogen (secondary N) is 2. The van der Waals surface area contributed by atoms with Crippen LogP contribution in [0.1, 0.15) is 22.5 Å². The molecule has 0 saturated carbocycles. The van der Waals surface area contributed by atoms with E-state index >= 15 is 0 Å². The molecule has 0 radical (unpaired) electrons. The van der Waals surface area contributed by atoms with Crippen LogP contribution in [0.5, 0.6) is 0 Å². The predicted molar refractivity (Wildman–Crippen MR) is 71.1 cm³/mol. The second-order valence-corrected chi connectivity index (χ2v) is 4.87. The van der Waals surface area contributed by atoms with Crippen LogP contribution in [0, 0.1) is 5.82 Å². The molecule has 2 N–H and O–H groups in total. The van der Waals surface area contributed by atoms with Gasteiger partial charge in [-0.05, 0) is 30.5 Å². The molecule has 19 heavy (non-hydrogen) atoms. The predicted octanol–water partition coefficient (Wildman–Crippen LogP) is 2.07. The molecule has 0 atom stereocenters. The number of benzene rings is 1. The van der Waals surface area contributed by atoms with Crippen molar-refractivity contribution in [2.24, 2.45) is 0 Å². The Labute approximate surface area is 117 Å². The summed E-state index contributed by atoms with van der Waals surface area (Å²) in [6.07, 6.45) is 2.57. The van der Waals surface area contributed by atoms with E-state index in [9.17, 15) is 9.18 Å². The first-order valence-electron chi connectivity index (χ1n) is 5.74. The Balaban J connectivity index is 1.76. The molecular formula is C12H12BrFN4O. The molecule has 0 spiro atoms. The van der Waals surface area contributed by atoms with Crippen LogP contribution < -0.4 is 5.32 Å². The summed E-state index contributed by atoms with van der Waals surface area (Å²) >= 11 is 3.21. The number of aromatic amines is 1. The molecule has 0 aliphatic heterocycles. The fourth-order valence-electron chi connectivity index (χ4n) is 1.61. The minimum atomic E-state index is -0.287. The Hall–Kier alpha value is -1.76. The highest BCUT2D eigenvalue weighted by Gasteiger charge is 2.07. The molecule has 0 aliphatic rings. The number of amides is 1. The molecule has 0 unspecified atom stereocenters. The number of carbonyl (C=O) groups excluding carboxylic acids is 1. The van der Waals surface area contributed by atoms with Crippen LogP contribution in [0.3, 0.4) is 0 Å². The quantitative estimate of drug-likeness (QED) is 0.826. The van der Waals surface area contributed by atoms with Gasteiger partial charge in [-0.3, -0.25) is 4.79 Å². The molecule has 2 rings (SSSR count). The van der Waals surface area contributed by atoms with Crippen molar-refractivity contribution in [1.29, 1.82) is 0 Å². The van der Waals surface area contributed by atoms with Crippen molar-refractivity contribution in [2.45, 2.75) is 12.8 Å². The van der Waals surface area contributed by atoms with E-state index in [1.807, 2.05) is 0 Å². The largest absolute Gasteiger partial charge is 0.351 e. The number of hydrogen-bond donors (Lipinski definition) is 2. The van der Waals surface area contributed by atoms with E-state index in [1.54, 1.807) is 12.1 Å². The minimum Gasteiger partial charge on any atom is -0.351 e. The highest BCUT2D eigenvalue weighted by molar-refractivity contribution is 9.10. The van der Waals surface area contributed by atoms with Gasteiger partial charge in [0.05, 0.1) is 6.20 Å². The number of carbonyl (C=O) groups is 1. The van der Waals surface area contributed by atoms with Crippen molar-refractivity contribution in [3.05, 3.63) is 45.9 Å². The number of hydrogen-bond acceptors (Lipinski definition) is 3. The zero-order valence-corrected chi connectivity index (χ0v) is 11.6. The number of nitrogens with zero attached hydrogens (tertiary/aromatic N) is 2. The molecule has 1 aromatic heterocycles. The summed E-state index contributed by atoms with van der Waals surface area (Å²) in [6.45, 7) is 0.460. The van der Waals surface area contributed by atoms with Crippen molar-refractivity contribution < 1.29 is 9.18 Å². The van der Waals surface area contributed by atoms with Crippen molar-refractivity contribution >= 4 is 21.8 Å². The van der Waals surface area contributed by atoms with Gasteiger partial charge in [0.25, 0.3) is 5.91 Å². The third-order valence-electron chi connectivity index (χ3n) is 2.57. The van der Waals surface area contributed by atoms with E-state index in [0.717, 1.165) is 0 Å². The van der Waals surface area contributed by atoms with Crippen molar-refractivity contribution in [3.8, 4) is 0 Å². The van der Waals surface area contributed by atoms with Crippen LogP contribution in [-0.4, -0.2) is 27.9 Å². The minimum absolute atomic E-state index is 0.239. The number of halogens is 2. The van der Waals surface area contributed by atoms with Gasteiger partial charge in [-0.15, -0.1) is 0 Å². The Bertz CT molecular complexity index is 559. The fourth-order valence-corrected chi connectivity index (χ4v) is 1.94. The molecule has 1 aromatic carbocycles. The number of rotatable bonds is 5. The van der Waals surface area contributed by atoms with Gasteiger partial charge in [0.1, 0.15) is 5.82 Å². The van der Waals surface area contributed by atoms with Gasteiger partial charge < -0.3 is 5.32 Å². The summed E-state index contributed by atoms with van der Waals surface area (Å²) in [4.78, 5) is 11.5. The highest BCUT2D eigenvalue weighted by atomic mass is 79.9. The summed E-state index contributed by atoms with van der Waals surface area (Å²) < 4.78 is 14.2. The fraction of sp³-hybridized carbons (Fsp3) is 0.250. The van der Waals surface area contributed by atoms with Crippen LogP contribution in [0.4, 0.5) is 4.39 Å². The summed E-state index contributed by atoms with van der Waals surface area (Å²) in [5, 5.41) is 12.3. The standard InChI is InChI=1S/C12H12BrFN4O/c13-9-4-3-8(10(14)6-9)2-1-5-15-12(19)11-7-16-18-17-11/h3-4,6-7H,1-2,5H2,(H,15,19)(H,16,17,18). The molecular weight excluding hydrogens is 315 g/mol. The zero-order chi connectivity index (χ0) is 13.7. The van der Waals surface area contributed by atoms with E-state index in [-0.39, 0.29) is 17.4 Å². The number of aromatic nitrogens is 3. The molecule has 0 saturated heterocycles. The van der Waals surface area contributed by atoms with E-state index in [0.29, 0.717) is 29.4 Å². The van der Waals surface area contributed by atoms with Gasteiger partial charge in [-0.1, -0.05) is 22.0 Å². The Kier molecular flexibility index (Phi) is 4.62. The van der Waals surface area contributed by atoms with Gasteiger partial charge in [0.15, 0.2) is 5.69 Å². The number of H-pyrrole nitrogens is 1. The SMILES string of the molecule is O=C(NCCCc1ccc(Br)cc1F)c1cn[nH]n1. The van der Waals surface area contributed by atoms with E-state index in [4.69, 9.17) is 0 Å². The van der Waals surface area contributed by atoms with E-state index in [1.165, 1.54) is 12.3 Å². The van der Waals surface area contributed by atoms with Gasteiger partial charge in [0, 0.05) is 11.0 Å². The summed E-state index contributed by atoms with van der Waals surface area (Å²) in [6, 6.07) is 4.97. The van der Waals surface area contributed by atoms with E-state index in [2.05, 4.69) is 36.7 Å². The first-order valence-corrected chi connectivity index (χ1v) is 6.54. The summed E-state index contributed by atoms with van der Waals surface area (Å²) in [7, 11) is 0. The Morgan fingerprint density at radius 1 is 1.47 bits per heavy atom. The van der Waals surface area contributed by atoms with Gasteiger partial charge in [-0.2, -0.15) is 15.4 Å². The van der Waals surface area contributed by atoms with Crippen molar-refractivity contribution in [2.75, 3.05) is 6.54 Å². The lowest BCUT2D eigenvalue weighted by Gasteiger charge is -2.05. The number of aryl methyl sites for hydroxylation is 1. The van der Waals surface area contributed by atoms with Crippen molar-refractivity contribution in [3.63, 3.8) is 0 Å². The maximum absolute atomic E-state index is 13.5. The third-order valence-corrected chi connectivity index (χ3v) is 3.06. The van der Waals surface area contributed by atoms with Gasteiger partial charge in [-0.25, -0.2) is 4.39 Å². The molecule has 100 valence electrons. The molecule has 0 fully saturated rings. The second kappa shape index (κ2) is 6.42. The van der Waals surface area contributed by atoms with Crippen LogP contribution >= 0.6 is 15.9 Å². The lowest BCUT2D eigenvalue weighted by Crippen LogP contribution is -2.25. The Morgan fingerprint density at radius 2 is 2.32 bits per heavy atom. The molecule has 2 aromatic rings. The average Bonchev–Trinajstić information content (AvgIpc) is 2.90. The Morgan fingerprint density at radius 3 is 3.00 bits per heavy atom. The molecule has 5 nitrogen and oxygen atoms in total. The molecule has 1 amide bonds. The first kappa shape index (κ1) is 13.7. The zero-order valence-electron chi connectivity index (χ0n) is 9.99. The van der Waals surface area contributed by atoms with Crippen LogP contribution in [0.2, 0.25) is 0 Å². The maximum Gasteiger partial charge on any atom is 0.273 e. The topological polar surface area (TPSA) is 70.7 Å². The first-order chi connectivity index (χ1) is 9.16. The smallest absolute Gasteiger partial charge is 0.273 e. The lowest BCUT2D eigenvalue weighted by atomic mass is 10.1. The molecule has 0 aliphatic carbocycles. The third kappa shape index (κ3) is 3.85.